The molecule has 0 saturated carbocycles. The van der Waals surface area contributed by atoms with Crippen molar-refractivity contribution >= 4 is 5.97 Å². The Labute approximate surface area is 117 Å². The van der Waals surface area contributed by atoms with Gasteiger partial charge in [0.1, 0.15) is 5.82 Å². The molecule has 0 radical (unpaired) electrons. The third kappa shape index (κ3) is 2.89. The Morgan fingerprint density at radius 2 is 1.76 bits per heavy atom. The summed E-state index contributed by atoms with van der Waals surface area (Å²) in [5, 5.41) is 9.13. The van der Waals surface area contributed by atoms with Gasteiger partial charge in [-0.2, -0.15) is 13.2 Å². The summed E-state index contributed by atoms with van der Waals surface area (Å²) in [4.78, 5) is 11.2. The van der Waals surface area contributed by atoms with E-state index in [0.29, 0.717) is 11.6 Å². The number of aromatic carboxylic acids is 1. The lowest BCUT2D eigenvalue weighted by molar-refractivity contribution is -0.139. The normalized spacial score (nSPS) is 11.5. The lowest BCUT2D eigenvalue weighted by Gasteiger charge is -2.13. The van der Waals surface area contributed by atoms with Gasteiger partial charge < -0.3 is 5.11 Å². The smallest absolute Gasteiger partial charge is 0.419 e. The van der Waals surface area contributed by atoms with E-state index in [1.165, 1.54) is 18.2 Å². The molecule has 2 nitrogen and oxygen atoms in total. The number of rotatable bonds is 2. The van der Waals surface area contributed by atoms with E-state index in [9.17, 15) is 22.4 Å². The molecule has 0 amide bonds. The maximum absolute atomic E-state index is 14.1. The number of alkyl halides is 3. The average molecular weight is 298 g/mol. The van der Waals surface area contributed by atoms with E-state index < -0.39 is 23.5 Å². The lowest BCUT2D eigenvalue weighted by atomic mass is 9.95. The predicted octanol–water partition coefficient (Wildman–Crippen LogP) is 4.52. The fourth-order valence-electron chi connectivity index (χ4n) is 2.03. The number of carboxylic acids is 1. The minimum atomic E-state index is -4.84. The van der Waals surface area contributed by atoms with Crippen LogP contribution in [0.2, 0.25) is 0 Å². The minimum absolute atomic E-state index is 0.0864. The summed E-state index contributed by atoms with van der Waals surface area (Å²) in [5.41, 5.74) is -1.52. The molecule has 0 heterocycles. The molecule has 6 heteroatoms. The van der Waals surface area contributed by atoms with E-state index in [2.05, 4.69) is 0 Å². The molecule has 0 aromatic heterocycles. The second kappa shape index (κ2) is 5.20. The van der Waals surface area contributed by atoms with Crippen LogP contribution in [0.25, 0.3) is 11.1 Å². The van der Waals surface area contributed by atoms with Crippen LogP contribution in [0, 0.1) is 12.7 Å². The number of carboxylic acid groups (broad SMARTS) is 1. The third-order valence-electron chi connectivity index (χ3n) is 3.00. The van der Waals surface area contributed by atoms with Crippen LogP contribution in [0.1, 0.15) is 21.5 Å². The van der Waals surface area contributed by atoms with Crippen molar-refractivity contribution in [2.75, 3.05) is 0 Å². The van der Waals surface area contributed by atoms with E-state index in [1.54, 1.807) is 6.92 Å². The molecule has 0 atom stereocenters. The maximum atomic E-state index is 14.1. The minimum Gasteiger partial charge on any atom is -0.478 e. The topological polar surface area (TPSA) is 37.3 Å². The summed E-state index contributed by atoms with van der Waals surface area (Å²) in [6.07, 6.45) is -4.84. The van der Waals surface area contributed by atoms with Crippen LogP contribution in [-0.4, -0.2) is 11.1 Å². The van der Waals surface area contributed by atoms with Gasteiger partial charge >= 0.3 is 12.1 Å². The zero-order valence-corrected chi connectivity index (χ0v) is 10.8. The highest BCUT2D eigenvalue weighted by Crippen LogP contribution is 2.36. The Kier molecular flexibility index (Phi) is 3.72. The first-order valence-corrected chi connectivity index (χ1v) is 5.92. The van der Waals surface area contributed by atoms with E-state index in [0.717, 1.165) is 12.1 Å². The molecule has 110 valence electrons. The molecule has 2 rings (SSSR count). The second-order valence-electron chi connectivity index (χ2n) is 4.52. The van der Waals surface area contributed by atoms with Gasteiger partial charge in [0.15, 0.2) is 0 Å². The Morgan fingerprint density at radius 1 is 1.10 bits per heavy atom. The van der Waals surface area contributed by atoms with Crippen molar-refractivity contribution in [2.45, 2.75) is 13.1 Å². The van der Waals surface area contributed by atoms with Crippen LogP contribution in [0.5, 0.6) is 0 Å². The van der Waals surface area contributed by atoms with Gasteiger partial charge in [0, 0.05) is 5.56 Å². The summed E-state index contributed by atoms with van der Waals surface area (Å²) in [7, 11) is 0. The van der Waals surface area contributed by atoms with Crippen molar-refractivity contribution in [1.82, 2.24) is 0 Å². The highest BCUT2D eigenvalue weighted by molar-refractivity contribution is 5.96. The molecule has 2 aromatic carbocycles. The van der Waals surface area contributed by atoms with E-state index in [1.807, 2.05) is 0 Å². The number of aryl methyl sites for hydroxylation is 1. The molecular formula is C15H10F4O2. The van der Waals surface area contributed by atoms with Gasteiger partial charge in [-0.05, 0) is 24.6 Å². The van der Waals surface area contributed by atoms with Gasteiger partial charge in [-0.3, -0.25) is 0 Å². The number of hydrogen-bond acceptors (Lipinski definition) is 1. The Balaban J connectivity index is 2.72. The average Bonchev–Trinajstić information content (AvgIpc) is 2.38. The largest absolute Gasteiger partial charge is 0.478 e. The van der Waals surface area contributed by atoms with Gasteiger partial charge in [-0.25, -0.2) is 9.18 Å². The number of hydrogen-bond donors (Lipinski definition) is 1. The summed E-state index contributed by atoms with van der Waals surface area (Å²) >= 11 is 0. The van der Waals surface area contributed by atoms with Crippen LogP contribution < -0.4 is 0 Å². The standard InChI is InChI=1S/C15H10F4O2/c1-8-5-6-9(11(7-8)14(20)21)10-3-2-4-12(13(10)16)15(17,18)19/h2-7H,1H3,(H,20,21). The van der Waals surface area contributed by atoms with Crippen molar-refractivity contribution in [2.24, 2.45) is 0 Å². The summed E-state index contributed by atoms with van der Waals surface area (Å²) < 4.78 is 52.2. The molecule has 1 N–H and O–H groups in total. The second-order valence-corrected chi connectivity index (χ2v) is 4.52. The number of benzene rings is 2. The summed E-state index contributed by atoms with van der Waals surface area (Å²) in [6.45, 7) is 1.64. The van der Waals surface area contributed by atoms with Crippen LogP contribution in [0.4, 0.5) is 17.6 Å². The van der Waals surface area contributed by atoms with Crippen LogP contribution in [0.3, 0.4) is 0 Å². The zero-order valence-electron chi connectivity index (χ0n) is 10.8. The quantitative estimate of drug-likeness (QED) is 0.828. The first kappa shape index (κ1) is 15.0. The molecule has 0 aliphatic rings. The SMILES string of the molecule is Cc1ccc(-c2cccc(C(F)(F)F)c2F)c(C(=O)O)c1. The molecule has 21 heavy (non-hydrogen) atoms. The van der Waals surface area contributed by atoms with Gasteiger partial charge in [-0.1, -0.05) is 29.8 Å². The third-order valence-corrected chi connectivity index (χ3v) is 3.00. The van der Waals surface area contributed by atoms with E-state index in [-0.39, 0.29) is 16.7 Å². The van der Waals surface area contributed by atoms with Crippen LogP contribution in [-0.2, 0) is 6.18 Å². The van der Waals surface area contributed by atoms with Crippen molar-refractivity contribution < 1.29 is 27.5 Å². The fourth-order valence-corrected chi connectivity index (χ4v) is 2.03. The molecule has 0 aliphatic heterocycles. The maximum Gasteiger partial charge on any atom is 0.419 e. The first-order chi connectivity index (χ1) is 9.71. The predicted molar refractivity (Wildman–Crippen MR) is 68.5 cm³/mol. The fraction of sp³-hybridized carbons (Fsp3) is 0.133. The van der Waals surface area contributed by atoms with Gasteiger partial charge in [0.2, 0.25) is 0 Å². The van der Waals surface area contributed by atoms with Gasteiger partial charge in [0.25, 0.3) is 0 Å². The molecule has 0 aliphatic carbocycles. The highest BCUT2D eigenvalue weighted by atomic mass is 19.4. The van der Waals surface area contributed by atoms with Crippen molar-refractivity contribution in [3.8, 4) is 11.1 Å². The van der Waals surface area contributed by atoms with Crippen molar-refractivity contribution in [1.29, 1.82) is 0 Å². The lowest BCUT2D eigenvalue weighted by Crippen LogP contribution is -2.09. The van der Waals surface area contributed by atoms with Crippen molar-refractivity contribution in [3.05, 3.63) is 58.9 Å². The first-order valence-electron chi connectivity index (χ1n) is 5.92. The molecular weight excluding hydrogens is 288 g/mol. The Bertz CT molecular complexity index is 705. The summed E-state index contributed by atoms with van der Waals surface area (Å²) in [5.74, 6) is -2.80. The highest BCUT2D eigenvalue weighted by Gasteiger charge is 2.35. The molecule has 0 bridgehead atoms. The van der Waals surface area contributed by atoms with E-state index >= 15 is 0 Å². The molecule has 0 spiro atoms. The molecule has 2 aromatic rings. The summed E-state index contributed by atoms with van der Waals surface area (Å²) in [6, 6.07) is 6.90. The Morgan fingerprint density at radius 3 is 2.33 bits per heavy atom. The van der Waals surface area contributed by atoms with Gasteiger partial charge in [0.05, 0.1) is 11.1 Å². The molecule has 0 unspecified atom stereocenters. The van der Waals surface area contributed by atoms with Crippen LogP contribution in [0.15, 0.2) is 36.4 Å². The number of carbonyl (C=O) groups is 1. The molecule has 0 fully saturated rings. The monoisotopic (exact) mass is 298 g/mol. The van der Waals surface area contributed by atoms with E-state index in [4.69, 9.17) is 5.11 Å². The zero-order chi connectivity index (χ0) is 15.8. The van der Waals surface area contributed by atoms with Crippen LogP contribution >= 0.6 is 0 Å². The Hall–Kier alpha value is -2.37. The molecule has 0 saturated heterocycles. The van der Waals surface area contributed by atoms with Crippen molar-refractivity contribution in [3.63, 3.8) is 0 Å². The van der Waals surface area contributed by atoms with Gasteiger partial charge in [-0.15, -0.1) is 0 Å². The number of halogens is 4.